The van der Waals surface area contributed by atoms with E-state index in [0.717, 1.165) is 17.1 Å². The summed E-state index contributed by atoms with van der Waals surface area (Å²) in [5.74, 6) is 0.385. The maximum atomic E-state index is 11.0. The van der Waals surface area contributed by atoms with Gasteiger partial charge in [-0.15, -0.1) is 15.0 Å². The Labute approximate surface area is 188 Å². The molecule has 0 fully saturated rings. The topological polar surface area (TPSA) is 89.6 Å². The van der Waals surface area contributed by atoms with Crippen LogP contribution in [0.15, 0.2) is 36.4 Å². The molecule has 1 aromatic heterocycles. The summed E-state index contributed by atoms with van der Waals surface area (Å²) in [6.45, 7) is 13.0. The van der Waals surface area contributed by atoms with Crippen LogP contribution in [0.25, 0.3) is 16.7 Å². The van der Waals surface area contributed by atoms with Gasteiger partial charge in [0.2, 0.25) is 0 Å². The monoisotopic (exact) mass is 475 g/mol. The van der Waals surface area contributed by atoms with Gasteiger partial charge in [0.1, 0.15) is 38.0 Å². The molecule has 168 valence electrons. The van der Waals surface area contributed by atoms with Gasteiger partial charge in [0.15, 0.2) is 8.32 Å². The molecule has 31 heavy (non-hydrogen) atoms. The lowest BCUT2D eigenvalue weighted by Gasteiger charge is -2.35. The highest BCUT2D eigenvalue weighted by Gasteiger charge is 2.37. The van der Waals surface area contributed by atoms with Crippen LogP contribution in [0, 0.1) is 5.92 Å². The first-order valence-electron chi connectivity index (χ1n) is 10.7. The molecule has 0 saturated heterocycles. The maximum Gasteiger partial charge on any atom is 0.314 e. The molecule has 2 atom stereocenters. The van der Waals surface area contributed by atoms with Gasteiger partial charge in [0.25, 0.3) is 0 Å². The zero-order chi connectivity index (χ0) is 22.8. The van der Waals surface area contributed by atoms with Gasteiger partial charge in [-0.1, -0.05) is 25.6 Å². The second-order valence-electron chi connectivity index (χ2n) is 9.25. The molecule has 3 rings (SSSR count). The van der Waals surface area contributed by atoms with Crippen LogP contribution in [0.2, 0.25) is 38.8 Å². The van der Waals surface area contributed by atoms with Crippen molar-refractivity contribution in [3.8, 4) is 17.2 Å². The molecule has 0 radical (unpaired) electrons. The van der Waals surface area contributed by atoms with Gasteiger partial charge in [-0.05, 0) is 62.8 Å². The fourth-order valence-electron chi connectivity index (χ4n) is 4.10. The Kier molecular flexibility index (Phi) is 7.06. The molecule has 0 spiro atoms. The van der Waals surface area contributed by atoms with Crippen LogP contribution in [-0.4, -0.2) is 51.8 Å². The van der Waals surface area contributed by atoms with E-state index in [1.165, 1.54) is 10.9 Å². The largest absolute Gasteiger partial charge is 0.508 e. The molecule has 2 aromatic carbocycles. The number of aromatic nitrogens is 3. The lowest BCUT2D eigenvalue weighted by molar-refractivity contribution is 0.381. The summed E-state index contributed by atoms with van der Waals surface area (Å²) in [6.07, 6.45) is 0.598. The standard InChI is InChI=1S/C21H33N3O4Si3/c1-15(14-31(6,27-29-2)28-30(3,4)5)11-16-12-17(25)13-20(21(16)26)24-22-18-9-7-8-10-19(18)23-24/h7-10,12-13,15,25-26H,11,14,29H2,1-6H3. The third-order valence-electron chi connectivity index (χ3n) is 4.91. The predicted molar refractivity (Wildman–Crippen MR) is 131 cm³/mol. The van der Waals surface area contributed by atoms with Crippen molar-refractivity contribution in [3.63, 3.8) is 0 Å². The van der Waals surface area contributed by atoms with Gasteiger partial charge in [-0.2, -0.15) is 0 Å². The summed E-state index contributed by atoms with van der Waals surface area (Å²) in [4.78, 5) is 1.38. The number of aromatic hydroxyl groups is 2. The number of phenols is 2. The number of nitrogens with zero attached hydrogens (tertiary/aromatic N) is 3. The van der Waals surface area contributed by atoms with Crippen LogP contribution in [0.1, 0.15) is 12.5 Å². The summed E-state index contributed by atoms with van der Waals surface area (Å²) in [7, 11) is -4.60. The first-order valence-corrected chi connectivity index (χ1v) is 18.6. The van der Waals surface area contributed by atoms with Crippen molar-refractivity contribution in [2.45, 2.75) is 52.1 Å². The van der Waals surface area contributed by atoms with E-state index < -0.39 is 26.6 Å². The Morgan fingerprint density at radius 2 is 1.68 bits per heavy atom. The first kappa shape index (κ1) is 23.7. The van der Waals surface area contributed by atoms with Crippen molar-refractivity contribution in [2.75, 3.05) is 0 Å². The van der Waals surface area contributed by atoms with Crippen LogP contribution in [0.4, 0.5) is 0 Å². The Hall–Kier alpha value is -1.99. The van der Waals surface area contributed by atoms with Crippen LogP contribution < -0.4 is 0 Å². The number of benzene rings is 2. The smallest absolute Gasteiger partial charge is 0.314 e. The fourth-order valence-corrected chi connectivity index (χ4v) is 14.7. The van der Waals surface area contributed by atoms with Crippen LogP contribution >= 0.6 is 0 Å². The van der Waals surface area contributed by atoms with E-state index >= 15 is 0 Å². The van der Waals surface area contributed by atoms with Crippen molar-refractivity contribution < 1.29 is 18.4 Å². The summed E-state index contributed by atoms with van der Waals surface area (Å²) >= 11 is 0. The van der Waals surface area contributed by atoms with E-state index in [-0.39, 0.29) is 17.4 Å². The third-order valence-corrected chi connectivity index (χ3v) is 14.1. The van der Waals surface area contributed by atoms with E-state index in [1.54, 1.807) is 6.07 Å². The molecule has 0 saturated carbocycles. The molecule has 1 heterocycles. The Bertz CT molecular complexity index is 1020. The minimum Gasteiger partial charge on any atom is -0.508 e. The van der Waals surface area contributed by atoms with E-state index in [4.69, 9.17) is 8.23 Å². The molecule has 0 aliphatic heterocycles. The predicted octanol–water partition coefficient (Wildman–Crippen LogP) is 4.08. The highest BCUT2D eigenvalue weighted by Crippen LogP contribution is 2.34. The second kappa shape index (κ2) is 9.25. The van der Waals surface area contributed by atoms with E-state index in [9.17, 15) is 10.2 Å². The lowest BCUT2D eigenvalue weighted by Crippen LogP contribution is -2.48. The van der Waals surface area contributed by atoms with Crippen molar-refractivity contribution >= 4 is 37.7 Å². The molecule has 0 amide bonds. The van der Waals surface area contributed by atoms with Crippen molar-refractivity contribution in [1.29, 1.82) is 0 Å². The molecule has 0 aliphatic carbocycles. The quantitative estimate of drug-likeness (QED) is 0.358. The molecule has 10 heteroatoms. The van der Waals surface area contributed by atoms with Gasteiger partial charge < -0.3 is 18.4 Å². The third kappa shape index (κ3) is 6.04. The molecular weight excluding hydrogens is 443 g/mol. The van der Waals surface area contributed by atoms with Crippen molar-refractivity contribution in [3.05, 3.63) is 42.0 Å². The number of hydrogen-bond donors (Lipinski definition) is 2. The minimum atomic E-state index is -2.28. The number of hydrogen-bond acceptors (Lipinski definition) is 6. The number of rotatable bonds is 9. The van der Waals surface area contributed by atoms with Crippen LogP contribution in [-0.2, 0) is 14.7 Å². The summed E-state index contributed by atoms with van der Waals surface area (Å²) < 4.78 is 12.8. The average molecular weight is 476 g/mol. The van der Waals surface area contributed by atoms with E-state index in [1.807, 2.05) is 24.3 Å². The van der Waals surface area contributed by atoms with Crippen molar-refractivity contribution in [1.82, 2.24) is 15.0 Å². The van der Waals surface area contributed by atoms with Gasteiger partial charge in [0.05, 0.1) is 0 Å². The zero-order valence-corrected chi connectivity index (χ0v) is 22.6. The second-order valence-corrected chi connectivity index (χ2v) is 18.7. The Morgan fingerprint density at radius 1 is 1.06 bits per heavy atom. The number of fused-ring (bicyclic) bond motifs is 1. The number of phenolic OH excluding ortho intramolecular Hbond substituents is 2. The van der Waals surface area contributed by atoms with Gasteiger partial charge in [0, 0.05) is 11.6 Å². The average Bonchev–Trinajstić information content (AvgIpc) is 3.06. The summed E-state index contributed by atoms with van der Waals surface area (Å²) in [5, 5.41) is 30.2. The fraction of sp³-hybridized carbons (Fsp3) is 0.429. The molecule has 3 aromatic rings. The van der Waals surface area contributed by atoms with Gasteiger partial charge in [-0.25, -0.2) is 0 Å². The SMILES string of the molecule is C[SiH2]O[Si](C)(CC(C)Cc1cc(O)cc(-n2nc3ccccc3n2)c1O)O[Si](C)(C)C. The Balaban J connectivity index is 1.86. The highest BCUT2D eigenvalue weighted by molar-refractivity contribution is 6.83. The molecule has 0 bridgehead atoms. The normalized spacial score (nSPS) is 15.5. The molecule has 2 N–H and O–H groups in total. The van der Waals surface area contributed by atoms with E-state index in [0.29, 0.717) is 17.7 Å². The molecule has 0 aliphatic rings. The van der Waals surface area contributed by atoms with Crippen LogP contribution in [0.5, 0.6) is 11.5 Å². The van der Waals surface area contributed by atoms with Gasteiger partial charge in [-0.3, -0.25) is 0 Å². The Morgan fingerprint density at radius 3 is 2.23 bits per heavy atom. The highest BCUT2D eigenvalue weighted by atomic mass is 28.5. The lowest BCUT2D eigenvalue weighted by atomic mass is 10.0. The van der Waals surface area contributed by atoms with Crippen molar-refractivity contribution in [2.24, 2.45) is 5.92 Å². The van der Waals surface area contributed by atoms with Crippen LogP contribution in [0.3, 0.4) is 0 Å². The minimum absolute atomic E-state index is 0.0759. The first-order chi connectivity index (χ1) is 14.5. The molecule has 7 nitrogen and oxygen atoms in total. The summed E-state index contributed by atoms with van der Waals surface area (Å²) in [5.41, 5.74) is 2.49. The van der Waals surface area contributed by atoms with E-state index in [2.05, 4.69) is 49.9 Å². The molecule has 2 unspecified atom stereocenters. The summed E-state index contributed by atoms with van der Waals surface area (Å²) in [6, 6.07) is 11.5. The molecular formula is C21H33N3O4Si3. The zero-order valence-electron chi connectivity index (χ0n) is 19.2. The van der Waals surface area contributed by atoms with Gasteiger partial charge >= 0.3 is 8.56 Å². The maximum absolute atomic E-state index is 11.0.